The van der Waals surface area contributed by atoms with E-state index in [0.29, 0.717) is 6.04 Å². The summed E-state index contributed by atoms with van der Waals surface area (Å²) >= 11 is 1.49. The maximum absolute atomic E-state index is 5.98. The summed E-state index contributed by atoms with van der Waals surface area (Å²) in [6.07, 6.45) is 0.999. The molecule has 2 aromatic rings. The third-order valence-electron chi connectivity index (χ3n) is 3.62. The van der Waals surface area contributed by atoms with Crippen molar-refractivity contribution in [1.82, 2.24) is 9.36 Å². The van der Waals surface area contributed by atoms with Crippen molar-refractivity contribution in [2.75, 3.05) is 18.1 Å². The predicted molar refractivity (Wildman–Crippen MR) is 81.2 cm³/mol. The molecule has 0 N–H and O–H groups in total. The molecule has 1 aromatic carbocycles. The van der Waals surface area contributed by atoms with Gasteiger partial charge in [-0.2, -0.15) is 4.37 Å². The van der Waals surface area contributed by atoms with E-state index >= 15 is 0 Å². The molecule has 2 heterocycles. The average molecular weight is 289 g/mol. The fraction of sp³-hybridized carbons (Fsp3) is 0.467. The number of aryl methyl sites for hydroxylation is 1. The highest BCUT2D eigenvalue weighted by atomic mass is 32.1. The SMILES string of the molecule is CCc1nsc(N2C[C@H](c3ccccc3)OC[C@@H]2C)n1. The van der Waals surface area contributed by atoms with E-state index in [9.17, 15) is 0 Å². The van der Waals surface area contributed by atoms with Gasteiger partial charge in [-0.05, 0) is 12.5 Å². The molecule has 4 nitrogen and oxygen atoms in total. The summed E-state index contributed by atoms with van der Waals surface area (Å²) in [5, 5.41) is 1.01. The lowest BCUT2D eigenvalue weighted by atomic mass is 10.1. The first kappa shape index (κ1) is 13.5. The van der Waals surface area contributed by atoms with Gasteiger partial charge in [0.25, 0.3) is 0 Å². The Kier molecular flexibility index (Phi) is 3.98. The van der Waals surface area contributed by atoms with Crippen molar-refractivity contribution in [2.24, 2.45) is 0 Å². The quantitative estimate of drug-likeness (QED) is 0.870. The molecule has 1 aromatic heterocycles. The van der Waals surface area contributed by atoms with Crippen molar-refractivity contribution >= 4 is 16.7 Å². The Bertz CT molecular complexity index is 557. The molecule has 2 atom stereocenters. The number of ether oxygens (including phenoxy) is 1. The minimum absolute atomic E-state index is 0.112. The summed E-state index contributed by atoms with van der Waals surface area (Å²) in [5.41, 5.74) is 1.23. The summed E-state index contributed by atoms with van der Waals surface area (Å²) in [6.45, 7) is 5.82. The van der Waals surface area contributed by atoms with Gasteiger partial charge in [-0.25, -0.2) is 4.98 Å². The number of nitrogens with zero attached hydrogens (tertiary/aromatic N) is 3. The predicted octanol–water partition coefficient (Wildman–Crippen LogP) is 3.07. The number of morpholine rings is 1. The van der Waals surface area contributed by atoms with Gasteiger partial charge in [-0.15, -0.1) is 0 Å². The molecule has 1 aliphatic rings. The van der Waals surface area contributed by atoms with Crippen molar-refractivity contribution in [3.05, 3.63) is 41.7 Å². The summed E-state index contributed by atoms with van der Waals surface area (Å²) in [7, 11) is 0. The largest absolute Gasteiger partial charge is 0.370 e. The van der Waals surface area contributed by atoms with E-state index in [1.54, 1.807) is 0 Å². The molecular weight excluding hydrogens is 270 g/mol. The molecule has 1 aliphatic heterocycles. The van der Waals surface area contributed by atoms with Crippen LogP contribution in [0, 0.1) is 0 Å². The Morgan fingerprint density at radius 2 is 2.15 bits per heavy atom. The highest BCUT2D eigenvalue weighted by molar-refractivity contribution is 7.09. The van der Waals surface area contributed by atoms with E-state index in [-0.39, 0.29) is 6.10 Å². The lowest BCUT2D eigenvalue weighted by molar-refractivity contribution is 0.0215. The van der Waals surface area contributed by atoms with Gasteiger partial charge in [0.1, 0.15) is 11.9 Å². The maximum Gasteiger partial charge on any atom is 0.205 e. The zero-order valence-electron chi connectivity index (χ0n) is 11.8. The number of hydrogen-bond acceptors (Lipinski definition) is 5. The fourth-order valence-corrected chi connectivity index (χ4v) is 3.26. The lowest BCUT2D eigenvalue weighted by Gasteiger charge is -2.37. The topological polar surface area (TPSA) is 38.2 Å². The molecule has 0 bridgehead atoms. The first-order chi connectivity index (χ1) is 9.78. The first-order valence-corrected chi connectivity index (χ1v) is 7.81. The van der Waals surface area contributed by atoms with Gasteiger partial charge in [0.2, 0.25) is 5.13 Å². The zero-order valence-corrected chi connectivity index (χ0v) is 12.6. The Labute approximate surface area is 123 Å². The van der Waals surface area contributed by atoms with Gasteiger partial charge in [-0.3, -0.25) is 0 Å². The highest BCUT2D eigenvalue weighted by Gasteiger charge is 2.29. The number of anilines is 1. The van der Waals surface area contributed by atoms with Crippen molar-refractivity contribution in [3.8, 4) is 0 Å². The molecule has 0 radical (unpaired) electrons. The summed E-state index contributed by atoms with van der Waals surface area (Å²) in [4.78, 5) is 6.93. The van der Waals surface area contributed by atoms with Crippen LogP contribution in [0.15, 0.2) is 30.3 Å². The van der Waals surface area contributed by atoms with Gasteiger partial charge in [0.05, 0.1) is 19.2 Å². The monoisotopic (exact) mass is 289 g/mol. The second-order valence-electron chi connectivity index (χ2n) is 5.08. The Balaban J connectivity index is 1.80. The molecular formula is C15H19N3OS. The Hall–Kier alpha value is -1.46. The Morgan fingerprint density at radius 3 is 2.85 bits per heavy atom. The zero-order chi connectivity index (χ0) is 13.9. The fourth-order valence-electron chi connectivity index (χ4n) is 2.40. The van der Waals surface area contributed by atoms with Crippen LogP contribution in [0.4, 0.5) is 5.13 Å². The number of benzene rings is 1. The smallest absolute Gasteiger partial charge is 0.205 e. The van der Waals surface area contributed by atoms with Crippen LogP contribution < -0.4 is 4.90 Å². The van der Waals surface area contributed by atoms with Crippen LogP contribution in [-0.4, -0.2) is 28.6 Å². The molecule has 0 spiro atoms. The van der Waals surface area contributed by atoms with Crippen LogP contribution in [0.1, 0.15) is 31.3 Å². The molecule has 106 valence electrons. The van der Waals surface area contributed by atoms with Crippen LogP contribution in [0.3, 0.4) is 0 Å². The van der Waals surface area contributed by atoms with Crippen LogP contribution in [-0.2, 0) is 11.2 Å². The van der Waals surface area contributed by atoms with E-state index in [1.165, 1.54) is 17.1 Å². The first-order valence-electron chi connectivity index (χ1n) is 7.03. The van der Waals surface area contributed by atoms with E-state index in [0.717, 1.165) is 30.5 Å². The van der Waals surface area contributed by atoms with Crippen molar-refractivity contribution in [2.45, 2.75) is 32.4 Å². The lowest BCUT2D eigenvalue weighted by Crippen LogP contribution is -2.45. The second-order valence-corrected chi connectivity index (χ2v) is 5.81. The van der Waals surface area contributed by atoms with Crippen LogP contribution in [0.25, 0.3) is 0 Å². The van der Waals surface area contributed by atoms with Gasteiger partial charge in [0.15, 0.2) is 0 Å². The molecule has 1 saturated heterocycles. The van der Waals surface area contributed by atoms with E-state index in [2.05, 4.69) is 52.4 Å². The van der Waals surface area contributed by atoms with Crippen LogP contribution in [0.2, 0.25) is 0 Å². The average Bonchev–Trinajstić information content (AvgIpc) is 2.97. The summed E-state index contributed by atoms with van der Waals surface area (Å²) < 4.78 is 10.4. The summed E-state index contributed by atoms with van der Waals surface area (Å²) in [5.74, 6) is 0.931. The third-order valence-corrected chi connectivity index (χ3v) is 4.41. The standard InChI is InChI=1S/C15H19N3OS/c1-3-14-16-15(20-17-14)18-9-13(19-10-11(18)2)12-7-5-4-6-8-12/h4-8,11,13H,3,9-10H2,1-2H3/t11-,13+/m0/s1. The van der Waals surface area contributed by atoms with Gasteiger partial charge in [0, 0.05) is 18.0 Å². The van der Waals surface area contributed by atoms with Crippen molar-refractivity contribution in [3.63, 3.8) is 0 Å². The third kappa shape index (κ3) is 2.69. The normalized spacial score (nSPS) is 23.0. The molecule has 5 heteroatoms. The van der Waals surface area contributed by atoms with E-state index in [1.807, 2.05) is 6.07 Å². The van der Waals surface area contributed by atoms with Crippen molar-refractivity contribution in [1.29, 1.82) is 0 Å². The minimum Gasteiger partial charge on any atom is -0.370 e. The van der Waals surface area contributed by atoms with Crippen LogP contribution >= 0.6 is 11.5 Å². The Morgan fingerprint density at radius 1 is 1.35 bits per heavy atom. The molecule has 0 amide bonds. The van der Waals surface area contributed by atoms with Gasteiger partial charge in [-0.1, -0.05) is 37.3 Å². The molecule has 0 aliphatic carbocycles. The van der Waals surface area contributed by atoms with E-state index in [4.69, 9.17) is 4.74 Å². The number of rotatable bonds is 3. The molecule has 3 rings (SSSR count). The molecule has 1 fully saturated rings. The van der Waals surface area contributed by atoms with Crippen molar-refractivity contribution < 1.29 is 4.74 Å². The molecule has 0 unspecified atom stereocenters. The number of hydrogen-bond donors (Lipinski definition) is 0. The second kappa shape index (κ2) is 5.89. The van der Waals surface area contributed by atoms with E-state index < -0.39 is 0 Å². The van der Waals surface area contributed by atoms with Gasteiger partial charge < -0.3 is 9.64 Å². The minimum atomic E-state index is 0.112. The van der Waals surface area contributed by atoms with Crippen LogP contribution in [0.5, 0.6) is 0 Å². The number of aromatic nitrogens is 2. The maximum atomic E-state index is 5.98. The molecule has 0 saturated carbocycles. The molecule has 20 heavy (non-hydrogen) atoms. The summed E-state index contributed by atoms with van der Waals surface area (Å²) in [6, 6.07) is 10.7. The van der Waals surface area contributed by atoms with Gasteiger partial charge >= 0.3 is 0 Å². The highest BCUT2D eigenvalue weighted by Crippen LogP contribution is 2.29.